The van der Waals surface area contributed by atoms with E-state index in [0.29, 0.717) is 22.1 Å². The van der Waals surface area contributed by atoms with Crippen LogP contribution in [0.1, 0.15) is 11.3 Å². The van der Waals surface area contributed by atoms with Gasteiger partial charge >= 0.3 is 0 Å². The van der Waals surface area contributed by atoms with Gasteiger partial charge in [0.25, 0.3) is 0 Å². The SMILES string of the molecule is Cc1cc(C)n2c(N)c(-c3cc(F)cc(Cl)c3)nc2c1. The number of halogens is 2. The van der Waals surface area contributed by atoms with Crippen LogP contribution in [0.3, 0.4) is 0 Å². The van der Waals surface area contributed by atoms with E-state index in [9.17, 15) is 4.39 Å². The number of pyridine rings is 1. The molecule has 2 heterocycles. The number of imidazole rings is 1. The largest absolute Gasteiger partial charge is 0.383 e. The number of benzene rings is 1. The summed E-state index contributed by atoms with van der Waals surface area (Å²) >= 11 is 5.89. The summed E-state index contributed by atoms with van der Waals surface area (Å²) in [6, 6.07) is 8.25. The number of rotatable bonds is 1. The molecule has 3 nitrogen and oxygen atoms in total. The van der Waals surface area contributed by atoms with Gasteiger partial charge in [-0.05, 0) is 49.7 Å². The fourth-order valence-electron chi connectivity index (χ4n) is 2.46. The Kier molecular flexibility index (Phi) is 2.91. The maximum atomic E-state index is 13.5. The summed E-state index contributed by atoms with van der Waals surface area (Å²) in [5, 5.41) is 0.323. The van der Waals surface area contributed by atoms with Gasteiger partial charge in [0.15, 0.2) is 0 Å². The lowest BCUT2D eigenvalue weighted by Crippen LogP contribution is -1.98. The molecule has 0 atom stereocenters. The third kappa shape index (κ3) is 2.02. The van der Waals surface area contributed by atoms with Gasteiger partial charge in [-0.2, -0.15) is 0 Å². The number of fused-ring (bicyclic) bond motifs is 1. The van der Waals surface area contributed by atoms with Crippen molar-refractivity contribution in [1.29, 1.82) is 0 Å². The van der Waals surface area contributed by atoms with Crippen LogP contribution < -0.4 is 5.73 Å². The third-order valence-corrected chi connectivity index (χ3v) is 3.44. The van der Waals surface area contributed by atoms with Crippen LogP contribution in [0.15, 0.2) is 30.3 Å². The number of nitrogens with two attached hydrogens (primary N) is 1. The van der Waals surface area contributed by atoms with Gasteiger partial charge in [-0.25, -0.2) is 9.37 Å². The van der Waals surface area contributed by atoms with Gasteiger partial charge in [0.05, 0.1) is 0 Å². The first-order chi connectivity index (χ1) is 9.45. The topological polar surface area (TPSA) is 43.3 Å². The van der Waals surface area contributed by atoms with Crippen LogP contribution in [-0.2, 0) is 0 Å². The predicted octanol–water partition coefficient (Wildman–Crippen LogP) is 3.99. The van der Waals surface area contributed by atoms with Crippen LogP contribution in [0.2, 0.25) is 5.02 Å². The Hall–Kier alpha value is -2.07. The van der Waals surface area contributed by atoms with E-state index in [1.165, 1.54) is 12.1 Å². The number of aryl methyl sites for hydroxylation is 2. The van der Waals surface area contributed by atoms with E-state index >= 15 is 0 Å². The van der Waals surface area contributed by atoms with E-state index in [4.69, 9.17) is 17.3 Å². The lowest BCUT2D eigenvalue weighted by Gasteiger charge is -2.04. The Morgan fingerprint density at radius 3 is 2.60 bits per heavy atom. The molecule has 20 heavy (non-hydrogen) atoms. The molecule has 0 unspecified atom stereocenters. The molecule has 0 saturated carbocycles. The van der Waals surface area contributed by atoms with Gasteiger partial charge in [-0.3, -0.25) is 4.40 Å². The molecule has 0 radical (unpaired) electrons. The molecule has 2 aromatic heterocycles. The van der Waals surface area contributed by atoms with E-state index in [2.05, 4.69) is 4.98 Å². The Balaban J connectivity index is 2.32. The Morgan fingerprint density at radius 2 is 1.90 bits per heavy atom. The molecule has 3 aromatic rings. The Labute approximate surface area is 120 Å². The minimum atomic E-state index is -0.406. The van der Waals surface area contributed by atoms with Crippen molar-refractivity contribution in [2.45, 2.75) is 13.8 Å². The lowest BCUT2D eigenvalue weighted by atomic mass is 10.1. The number of anilines is 1. The van der Waals surface area contributed by atoms with Crippen LogP contribution in [-0.4, -0.2) is 9.38 Å². The summed E-state index contributed by atoms with van der Waals surface area (Å²) in [5.41, 5.74) is 10.1. The van der Waals surface area contributed by atoms with E-state index in [-0.39, 0.29) is 0 Å². The summed E-state index contributed by atoms with van der Waals surface area (Å²) in [6.07, 6.45) is 0. The standard InChI is InChI=1S/C15H13ClFN3/c1-8-3-9(2)20-13(4-8)19-14(15(20)18)10-5-11(16)7-12(17)6-10/h3-7H,18H2,1-2H3. The van der Waals surface area contributed by atoms with Crippen molar-refractivity contribution in [2.75, 3.05) is 5.73 Å². The third-order valence-electron chi connectivity index (χ3n) is 3.22. The van der Waals surface area contributed by atoms with Gasteiger partial charge < -0.3 is 5.73 Å². The average Bonchev–Trinajstić information content (AvgIpc) is 2.65. The van der Waals surface area contributed by atoms with Crippen molar-refractivity contribution < 1.29 is 4.39 Å². The lowest BCUT2D eigenvalue weighted by molar-refractivity contribution is 0.628. The quantitative estimate of drug-likeness (QED) is 0.736. The summed E-state index contributed by atoms with van der Waals surface area (Å²) < 4.78 is 15.3. The highest BCUT2D eigenvalue weighted by Crippen LogP contribution is 2.30. The van der Waals surface area contributed by atoms with Crippen molar-refractivity contribution in [2.24, 2.45) is 0 Å². The smallest absolute Gasteiger partial charge is 0.139 e. The fourth-order valence-corrected chi connectivity index (χ4v) is 2.68. The van der Waals surface area contributed by atoms with Gasteiger partial charge in [0.1, 0.15) is 23.0 Å². The zero-order chi connectivity index (χ0) is 14.4. The van der Waals surface area contributed by atoms with Crippen LogP contribution in [0, 0.1) is 19.7 Å². The van der Waals surface area contributed by atoms with Gasteiger partial charge in [-0.1, -0.05) is 11.6 Å². The highest BCUT2D eigenvalue weighted by Gasteiger charge is 2.14. The molecule has 0 fully saturated rings. The normalized spacial score (nSPS) is 11.2. The summed E-state index contributed by atoms with van der Waals surface area (Å²) in [5.74, 6) is 0.0797. The van der Waals surface area contributed by atoms with Crippen molar-refractivity contribution in [3.8, 4) is 11.3 Å². The fraction of sp³-hybridized carbons (Fsp3) is 0.133. The molecule has 5 heteroatoms. The van der Waals surface area contributed by atoms with Crippen molar-refractivity contribution in [1.82, 2.24) is 9.38 Å². The first-order valence-electron chi connectivity index (χ1n) is 6.17. The Morgan fingerprint density at radius 1 is 1.15 bits per heavy atom. The maximum Gasteiger partial charge on any atom is 0.139 e. The molecule has 0 bridgehead atoms. The summed E-state index contributed by atoms with van der Waals surface area (Å²) in [6.45, 7) is 3.96. The van der Waals surface area contributed by atoms with E-state index in [0.717, 1.165) is 16.9 Å². The minimum absolute atomic E-state index is 0.323. The van der Waals surface area contributed by atoms with Crippen LogP contribution in [0.25, 0.3) is 16.9 Å². The molecule has 1 aromatic carbocycles. The Bertz CT molecular complexity index is 803. The van der Waals surface area contributed by atoms with Crippen molar-refractivity contribution in [3.05, 3.63) is 52.4 Å². The number of nitrogen functional groups attached to an aromatic ring is 1. The molecule has 0 spiro atoms. The van der Waals surface area contributed by atoms with Gasteiger partial charge in [-0.15, -0.1) is 0 Å². The minimum Gasteiger partial charge on any atom is -0.383 e. The molecular weight excluding hydrogens is 277 g/mol. The van der Waals surface area contributed by atoms with E-state index < -0.39 is 5.82 Å². The number of aromatic nitrogens is 2. The van der Waals surface area contributed by atoms with Gasteiger partial charge in [0, 0.05) is 16.3 Å². The zero-order valence-corrected chi connectivity index (χ0v) is 11.9. The molecule has 0 aliphatic heterocycles. The molecular formula is C15H13ClFN3. The van der Waals surface area contributed by atoms with Gasteiger partial charge in [0.2, 0.25) is 0 Å². The summed E-state index contributed by atoms with van der Waals surface area (Å²) in [7, 11) is 0. The van der Waals surface area contributed by atoms with Crippen LogP contribution >= 0.6 is 11.6 Å². The molecule has 0 aliphatic rings. The second kappa shape index (κ2) is 4.49. The van der Waals surface area contributed by atoms with Crippen molar-refractivity contribution in [3.63, 3.8) is 0 Å². The van der Waals surface area contributed by atoms with Crippen molar-refractivity contribution >= 4 is 23.1 Å². The molecule has 0 amide bonds. The highest BCUT2D eigenvalue weighted by molar-refractivity contribution is 6.30. The number of nitrogens with zero attached hydrogens (tertiary/aromatic N) is 2. The number of hydrogen-bond donors (Lipinski definition) is 1. The summed E-state index contributed by atoms with van der Waals surface area (Å²) in [4.78, 5) is 4.50. The van der Waals surface area contributed by atoms with Crippen LogP contribution in [0.5, 0.6) is 0 Å². The zero-order valence-electron chi connectivity index (χ0n) is 11.1. The number of hydrogen-bond acceptors (Lipinski definition) is 2. The van der Waals surface area contributed by atoms with E-state index in [1.807, 2.05) is 30.4 Å². The highest BCUT2D eigenvalue weighted by atomic mass is 35.5. The maximum absolute atomic E-state index is 13.5. The molecule has 2 N–H and O–H groups in total. The van der Waals surface area contributed by atoms with Crippen LogP contribution in [0.4, 0.5) is 10.2 Å². The second-order valence-electron chi connectivity index (χ2n) is 4.87. The van der Waals surface area contributed by atoms with E-state index in [1.54, 1.807) is 6.07 Å². The first-order valence-corrected chi connectivity index (χ1v) is 6.55. The second-order valence-corrected chi connectivity index (χ2v) is 5.31. The molecule has 3 rings (SSSR count). The molecule has 102 valence electrons. The molecule has 0 saturated heterocycles. The predicted molar refractivity (Wildman–Crippen MR) is 79.5 cm³/mol. The molecule has 0 aliphatic carbocycles. The average molecular weight is 290 g/mol. The first kappa shape index (κ1) is 12.9. The monoisotopic (exact) mass is 289 g/mol.